The Morgan fingerprint density at radius 3 is 2.29 bits per heavy atom. The molecule has 0 spiro atoms. The van der Waals surface area contributed by atoms with Crippen molar-refractivity contribution in [2.75, 3.05) is 0 Å². The van der Waals surface area contributed by atoms with Crippen LogP contribution < -0.4 is 0 Å². The summed E-state index contributed by atoms with van der Waals surface area (Å²) in [7, 11) is 0. The van der Waals surface area contributed by atoms with E-state index < -0.39 is 18.4 Å². The van der Waals surface area contributed by atoms with Gasteiger partial charge in [0.1, 0.15) is 6.17 Å². The van der Waals surface area contributed by atoms with Crippen molar-refractivity contribution >= 4 is 0 Å². The first-order valence-electron chi connectivity index (χ1n) is 6.39. The molecule has 104 valence electrons. The van der Waals surface area contributed by atoms with Gasteiger partial charge in [0.15, 0.2) is 6.17 Å². The van der Waals surface area contributed by atoms with E-state index in [1.807, 2.05) is 6.92 Å². The fourth-order valence-electron chi connectivity index (χ4n) is 3.47. The van der Waals surface area contributed by atoms with Gasteiger partial charge in [-0.3, -0.25) is 0 Å². The van der Waals surface area contributed by atoms with Crippen molar-refractivity contribution in [3.05, 3.63) is 6.42 Å². The van der Waals surface area contributed by atoms with Crippen LogP contribution in [0.25, 0.3) is 0 Å². The summed E-state index contributed by atoms with van der Waals surface area (Å²) in [4.78, 5) is 0. The molecule has 0 amide bonds. The molecule has 17 heavy (non-hydrogen) atoms. The van der Waals surface area contributed by atoms with E-state index in [0.29, 0.717) is 12.3 Å². The van der Waals surface area contributed by atoms with Crippen molar-refractivity contribution in [3.63, 3.8) is 0 Å². The predicted molar refractivity (Wildman–Crippen MR) is 59.3 cm³/mol. The number of alkyl halides is 2. The third kappa shape index (κ3) is 3.56. The summed E-state index contributed by atoms with van der Waals surface area (Å²) in [5.41, 5.74) is 0. The minimum atomic E-state index is -1.67. The van der Waals surface area contributed by atoms with Crippen LogP contribution in [-0.2, 0) is 0 Å². The van der Waals surface area contributed by atoms with E-state index in [4.69, 9.17) is 0 Å². The fraction of sp³-hybridized carbons (Fsp3) is 0.923. The Balaban J connectivity index is 0.00000144. The number of aliphatic hydroxyl groups is 1. The van der Waals surface area contributed by atoms with Crippen molar-refractivity contribution < 1.29 is 52.1 Å². The van der Waals surface area contributed by atoms with Gasteiger partial charge in [-0.1, -0.05) is 19.8 Å². The molecule has 0 aromatic heterocycles. The minimum absolute atomic E-state index is 0. The molecule has 5 unspecified atom stereocenters. The van der Waals surface area contributed by atoms with Gasteiger partial charge in [-0.25, -0.2) is 8.78 Å². The van der Waals surface area contributed by atoms with Gasteiger partial charge in [0.2, 0.25) is 0 Å². The smallest absolute Gasteiger partial charge is 0.157 e. The average Bonchev–Trinajstić information content (AvgIpc) is 2.28. The number of rotatable bonds is 1. The molecule has 0 aliphatic heterocycles. The zero-order valence-electron chi connectivity index (χ0n) is 10.1. The summed E-state index contributed by atoms with van der Waals surface area (Å²) in [6.07, 6.45) is 2.42. The van der Waals surface area contributed by atoms with Crippen molar-refractivity contribution in [1.29, 1.82) is 0 Å². The van der Waals surface area contributed by atoms with Crippen LogP contribution in [0.4, 0.5) is 8.78 Å². The van der Waals surface area contributed by atoms with Gasteiger partial charge in [-0.05, 0) is 24.2 Å². The van der Waals surface area contributed by atoms with Crippen LogP contribution in [0.15, 0.2) is 0 Å². The third-order valence-corrected chi connectivity index (χ3v) is 4.34. The van der Waals surface area contributed by atoms with Crippen molar-refractivity contribution in [2.45, 2.75) is 57.5 Å². The van der Waals surface area contributed by atoms with Gasteiger partial charge >= 0.3 is 0 Å². The van der Waals surface area contributed by atoms with Crippen LogP contribution in [0, 0.1) is 62.3 Å². The number of hydrogen-bond donors (Lipinski definition) is 1. The Labute approximate surface area is 133 Å². The molecule has 0 aromatic rings. The zero-order chi connectivity index (χ0) is 11.7. The predicted octanol–water partition coefficient (Wildman–Crippen LogP) is 3.07. The standard InChI is InChI=1S/C13H21F2O.Dy/c1-8-7-10(16)12(14)13(15)11(8)9-5-3-2-4-6-9;/h2,8-13,16H,3-7H2,1H3;/q-1;. The molecule has 4 heteroatoms. The van der Waals surface area contributed by atoms with Crippen LogP contribution in [-0.4, -0.2) is 23.6 Å². The number of aliphatic hydroxyl groups excluding tert-OH is 1. The fourth-order valence-corrected chi connectivity index (χ4v) is 3.47. The quantitative estimate of drug-likeness (QED) is 0.679. The molecule has 2 saturated carbocycles. The van der Waals surface area contributed by atoms with E-state index in [9.17, 15) is 13.9 Å². The summed E-state index contributed by atoms with van der Waals surface area (Å²) in [5, 5.41) is 9.41. The summed E-state index contributed by atoms with van der Waals surface area (Å²) < 4.78 is 27.5. The zero-order valence-corrected chi connectivity index (χ0v) is 12.1. The van der Waals surface area contributed by atoms with E-state index in [0.717, 1.165) is 25.7 Å². The Morgan fingerprint density at radius 1 is 1.12 bits per heavy atom. The van der Waals surface area contributed by atoms with Gasteiger partial charge in [0, 0.05) is 38.2 Å². The molecule has 2 fully saturated rings. The monoisotopic (exact) mass is 395 g/mol. The molecule has 1 nitrogen and oxygen atoms in total. The van der Waals surface area contributed by atoms with Crippen molar-refractivity contribution in [3.8, 4) is 0 Å². The van der Waals surface area contributed by atoms with Gasteiger partial charge in [0.25, 0.3) is 0 Å². The van der Waals surface area contributed by atoms with Gasteiger partial charge < -0.3 is 11.5 Å². The molecular weight excluding hydrogens is 373 g/mol. The summed E-state index contributed by atoms with van der Waals surface area (Å²) in [6, 6.07) is 0. The van der Waals surface area contributed by atoms with E-state index >= 15 is 0 Å². The topological polar surface area (TPSA) is 20.2 Å². The van der Waals surface area contributed by atoms with Crippen molar-refractivity contribution in [1.82, 2.24) is 0 Å². The molecule has 0 radical (unpaired) electrons. The van der Waals surface area contributed by atoms with Gasteiger partial charge in [0.05, 0.1) is 6.10 Å². The molecule has 1 N–H and O–H groups in total. The van der Waals surface area contributed by atoms with Crippen molar-refractivity contribution in [2.24, 2.45) is 17.8 Å². The maximum atomic E-state index is 14.0. The van der Waals surface area contributed by atoms with E-state index in [1.54, 1.807) is 0 Å². The first kappa shape index (κ1) is 16.1. The molecule has 5 atom stereocenters. The second-order valence-electron chi connectivity index (χ2n) is 5.45. The van der Waals surface area contributed by atoms with Gasteiger partial charge in [-0.2, -0.15) is 12.8 Å². The largest absolute Gasteiger partial charge is 0.390 e. The first-order chi connectivity index (χ1) is 7.61. The summed E-state index contributed by atoms with van der Waals surface area (Å²) >= 11 is 0. The maximum Gasteiger partial charge on any atom is 0.157 e. The SMILES string of the molecule is CC1CC(O)C(F)C(F)C1C1CC[CH-]CC1.[Dy]. The first-order valence-corrected chi connectivity index (χ1v) is 6.39. The molecule has 2 aliphatic carbocycles. The molecule has 0 bridgehead atoms. The van der Waals surface area contributed by atoms with E-state index in [-0.39, 0.29) is 50.0 Å². The van der Waals surface area contributed by atoms with Crippen LogP contribution in [0.2, 0.25) is 0 Å². The van der Waals surface area contributed by atoms with Gasteiger partial charge in [-0.15, -0.1) is 0 Å². The molecule has 0 aromatic carbocycles. The Bertz CT molecular complexity index is 231. The maximum absolute atomic E-state index is 14.0. The summed E-state index contributed by atoms with van der Waals surface area (Å²) in [6.45, 7) is 1.95. The molecule has 2 rings (SSSR count). The average molecular weight is 394 g/mol. The normalized spacial score (nSPS) is 44.1. The Hall–Kier alpha value is 1.09. The van der Waals surface area contributed by atoms with Crippen LogP contribution in [0.3, 0.4) is 0 Å². The molecular formula is C13H21DyF2O-. The summed E-state index contributed by atoms with van der Waals surface area (Å²) in [5.74, 6) is 0.216. The van der Waals surface area contributed by atoms with Crippen LogP contribution in [0.5, 0.6) is 0 Å². The van der Waals surface area contributed by atoms with E-state index in [2.05, 4.69) is 6.42 Å². The second kappa shape index (κ2) is 7.03. The molecule has 2 aliphatic rings. The van der Waals surface area contributed by atoms with E-state index in [1.165, 1.54) is 0 Å². The molecule has 0 heterocycles. The number of halogens is 2. The van der Waals surface area contributed by atoms with Crippen LogP contribution >= 0.6 is 0 Å². The third-order valence-electron chi connectivity index (χ3n) is 4.34. The second-order valence-corrected chi connectivity index (χ2v) is 5.45. The van der Waals surface area contributed by atoms with Crippen LogP contribution in [0.1, 0.15) is 39.0 Å². The minimum Gasteiger partial charge on any atom is -0.390 e. The molecule has 0 saturated heterocycles. The Morgan fingerprint density at radius 2 is 1.71 bits per heavy atom. The number of hydrogen-bond acceptors (Lipinski definition) is 1. The Kier molecular flexibility index (Phi) is 6.68.